The molecule has 6 heteroatoms. The Hall–Kier alpha value is -1.24. The number of ether oxygens (including phenoxy) is 2. The molecular weight excluding hydrogens is 312 g/mol. The molecule has 0 aliphatic carbocycles. The van der Waals surface area contributed by atoms with Gasteiger partial charge in [-0.15, -0.1) is 11.8 Å². The molecule has 0 aromatic heterocycles. The van der Waals surface area contributed by atoms with Crippen LogP contribution in [0.15, 0.2) is 29.2 Å². The standard InChI is InChI=1S/C17H24N2O3S/c1-21-13-5-4-6-14(9-13)23-12-17(20)18-15-10-22-11-16(15)19-7-2-3-8-19/h4-6,9,15-16H,2-3,7-8,10-12H2,1H3,(H,18,20)/t15-,16-/m0/s1. The molecule has 0 radical (unpaired) electrons. The smallest absolute Gasteiger partial charge is 0.230 e. The Morgan fingerprint density at radius 3 is 3.00 bits per heavy atom. The van der Waals surface area contributed by atoms with Gasteiger partial charge in [-0.1, -0.05) is 6.07 Å². The van der Waals surface area contributed by atoms with E-state index in [0.717, 1.165) is 30.3 Å². The van der Waals surface area contributed by atoms with Crippen LogP contribution < -0.4 is 10.1 Å². The van der Waals surface area contributed by atoms with Crippen molar-refractivity contribution in [2.75, 3.05) is 39.2 Å². The summed E-state index contributed by atoms with van der Waals surface area (Å²) in [7, 11) is 1.65. The zero-order valence-electron chi connectivity index (χ0n) is 13.5. The summed E-state index contributed by atoms with van der Waals surface area (Å²) < 4.78 is 10.8. The van der Waals surface area contributed by atoms with Gasteiger partial charge in [-0.05, 0) is 44.1 Å². The van der Waals surface area contributed by atoms with Crippen LogP contribution in [0.1, 0.15) is 12.8 Å². The van der Waals surface area contributed by atoms with Crippen molar-refractivity contribution in [2.24, 2.45) is 0 Å². The van der Waals surface area contributed by atoms with Crippen molar-refractivity contribution < 1.29 is 14.3 Å². The molecule has 3 rings (SSSR count). The fourth-order valence-electron chi connectivity index (χ4n) is 3.20. The van der Waals surface area contributed by atoms with E-state index in [-0.39, 0.29) is 11.9 Å². The summed E-state index contributed by atoms with van der Waals surface area (Å²) in [5.41, 5.74) is 0. The minimum absolute atomic E-state index is 0.0671. The number of methoxy groups -OCH3 is 1. The van der Waals surface area contributed by atoms with Crippen LogP contribution in [0.3, 0.4) is 0 Å². The van der Waals surface area contributed by atoms with E-state index in [1.54, 1.807) is 7.11 Å². The minimum Gasteiger partial charge on any atom is -0.497 e. The highest BCUT2D eigenvalue weighted by molar-refractivity contribution is 8.00. The van der Waals surface area contributed by atoms with Gasteiger partial charge in [0.2, 0.25) is 5.91 Å². The lowest BCUT2D eigenvalue weighted by Crippen LogP contribution is -2.50. The van der Waals surface area contributed by atoms with Gasteiger partial charge < -0.3 is 14.8 Å². The zero-order chi connectivity index (χ0) is 16.1. The predicted octanol–water partition coefficient (Wildman–Crippen LogP) is 1.77. The third-order valence-electron chi connectivity index (χ3n) is 4.42. The fourth-order valence-corrected chi connectivity index (χ4v) is 3.96. The van der Waals surface area contributed by atoms with Crippen LogP contribution >= 0.6 is 11.8 Å². The number of amides is 1. The van der Waals surface area contributed by atoms with Crippen LogP contribution in [0.25, 0.3) is 0 Å². The number of nitrogens with one attached hydrogen (secondary N) is 1. The van der Waals surface area contributed by atoms with E-state index in [0.29, 0.717) is 18.4 Å². The van der Waals surface area contributed by atoms with Crippen LogP contribution in [0, 0.1) is 0 Å². The second kappa shape index (κ2) is 8.04. The molecule has 1 aromatic carbocycles. The van der Waals surface area contributed by atoms with E-state index < -0.39 is 0 Å². The van der Waals surface area contributed by atoms with Gasteiger partial charge in [0.25, 0.3) is 0 Å². The van der Waals surface area contributed by atoms with Crippen LogP contribution in [-0.2, 0) is 9.53 Å². The highest BCUT2D eigenvalue weighted by Crippen LogP contribution is 2.23. The molecule has 126 valence electrons. The lowest BCUT2D eigenvalue weighted by Gasteiger charge is -2.27. The summed E-state index contributed by atoms with van der Waals surface area (Å²) in [4.78, 5) is 15.7. The van der Waals surface area contributed by atoms with E-state index in [1.807, 2.05) is 24.3 Å². The molecular formula is C17H24N2O3S. The molecule has 1 amide bonds. The number of rotatable bonds is 6. The van der Waals surface area contributed by atoms with Crippen molar-refractivity contribution in [2.45, 2.75) is 29.8 Å². The Morgan fingerprint density at radius 1 is 1.39 bits per heavy atom. The van der Waals surface area contributed by atoms with Gasteiger partial charge in [0.1, 0.15) is 5.75 Å². The van der Waals surface area contributed by atoms with Gasteiger partial charge >= 0.3 is 0 Å². The first-order valence-corrected chi connectivity index (χ1v) is 9.13. The summed E-state index contributed by atoms with van der Waals surface area (Å²) in [6, 6.07) is 8.24. The lowest BCUT2D eigenvalue weighted by molar-refractivity contribution is -0.119. The van der Waals surface area contributed by atoms with Crippen molar-refractivity contribution in [3.63, 3.8) is 0 Å². The number of likely N-dealkylation sites (tertiary alicyclic amines) is 1. The van der Waals surface area contributed by atoms with E-state index in [4.69, 9.17) is 9.47 Å². The van der Waals surface area contributed by atoms with Crippen LogP contribution in [0.4, 0.5) is 0 Å². The first kappa shape index (κ1) is 16.6. The molecule has 2 atom stereocenters. The van der Waals surface area contributed by atoms with Crippen LogP contribution in [-0.4, -0.2) is 62.1 Å². The average Bonchev–Trinajstić information content (AvgIpc) is 3.24. The zero-order valence-corrected chi connectivity index (χ0v) is 14.3. The monoisotopic (exact) mass is 336 g/mol. The second-order valence-corrected chi connectivity index (χ2v) is 7.04. The molecule has 0 spiro atoms. The molecule has 2 fully saturated rings. The minimum atomic E-state index is 0.0671. The van der Waals surface area contributed by atoms with Gasteiger partial charge in [0, 0.05) is 4.90 Å². The number of carbonyl (C=O) groups is 1. The topological polar surface area (TPSA) is 50.8 Å². The van der Waals surface area contributed by atoms with Gasteiger partial charge in [0.05, 0.1) is 38.2 Å². The van der Waals surface area contributed by atoms with Crippen molar-refractivity contribution in [1.82, 2.24) is 10.2 Å². The first-order valence-electron chi connectivity index (χ1n) is 8.14. The maximum Gasteiger partial charge on any atom is 0.230 e. The summed E-state index contributed by atoms with van der Waals surface area (Å²) in [6.07, 6.45) is 2.51. The van der Waals surface area contributed by atoms with Gasteiger partial charge in [-0.3, -0.25) is 9.69 Å². The summed E-state index contributed by atoms with van der Waals surface area (Å²) in [5, 5.41) is 3.15. The maximum absolute atomic E-state index is 12.2. The largest absolute Gasteiger partial charge is 0.497 e. The average molecular weight is 336 g/mol. The van der Waals surface area contributed by atoms with E-state index >= 15 is 0 Å². The Bertz CT molecular complexity index is 534. The van der Waals surface area contributed by atoms with E-state index in [9.17, 15) is 4.79 Å². The number of thioether (sulfide) groups is 1. The number of benzene rings is 1. The molecule has 0 saturated carbocycles. The summed E-state index contributed by atoms with van der Waals surface area (Å²) >= 11 is 1.53. The molecule has 1 aromatic rings. The molecule has 1 N–H and O–H groups in total. The SMILES string of the molecule is COc1cccc(SCC(=O)N[C@H]2COC[C@@H]2N2CCCC2)c1. The molecule has 2 heterocycles. The van der Waals surface area contributed by atoms with Gasteiger partial charge in [-0.2, -0.15) is 0 Å². The molecule has 2 aliphatic heterocycles. The second-order valence-electron chi connectivity index (χ2n) is 5.99. The van der Waals surface area contributed by atoms with Crippen molar-refractivity contribution in [3.05, 3.63) is 24.3 Å². The number of nitrogens with zero attached hydrogens (tertiary/aromatic N) is 1. The Balaban J connectivity index is 1.48. The van der Waals surface area contributed by atoms with Crippen molar-refractivity contribution in [1.29, 1.82) is 0 Å². The normalized spacial score (nSPS) is 24.7. The highest BCUT2D eigenvalue weighted by atomic mass is 32.2. The summed E-state index contributed by atoms with van der Waals surface area (Å²) in [6.45, 7) is 3.60. The van der Waals surface area contributed by atoms with Crippen molar-refractivity contribution in [3.8, 4) is 5.75 Å². The van der Waals surface area contributed by atoms with Crippen LogP contribution in [0.5, 0.6) is 5.75 Å². The van der Waals surface area contributed by atoms with Gasteiger partial charge in [0.15, 0.2) is 0 Å². The molecule has 2 saturated heterocycles. The predicted molar refractivity (Wildman–Crippen MR) is 91.1 cm³/mol. The molecule has 0 bridgehead atoms. The molecule has 5 nitrogen and oxygen atoms in total. The van der Waals surface area contributed by atoms with Gasteiger partial charge in [-0.25, -0.2) is 0 Å². The van der Waals surface area contributed by atoms with E-state index in [2.05, 4.69) is 10.2 Å². The number of hydrogen-bond acceptors (Lipinski definition) is 5. The molecule has 2 aliphatic rings. The van der Waals surface area contributed by atoms with Crippen LogP contribution in [0.2, 0.25) is 0 Å². The Kier molecular flexibility index (Phi) is 5.80. The quantitative estimate of drug-likeness (QED) is 0.803. The fraction of sp³-hybridized carbons (Fsp3) is 0.588. The summed E-state index contributed by atoms with van der Waals surface area (Å²) in [5.74, 6) is 1.29. The Labute approximate surface area is 141 Å². The highest BCUT2D eigenvalue weighted by Gasteiger charge is 2.35. The first-order chi connectivity index (χ1) is 11.3. The Morgan fingerprint density at radius 2 is 2.22 bits per heavy atom. The molecule has 23 heavy (non-hydrogen) atoms. The van der Waals surface area contributed by atoms with Crippen molar-refractivity contribution >= 4 is 17.7 Å². The third kappa shape index (κ3) is 4.40. The maximum atomic E-state index is 12.2. The third-order valence-corrected chi connectivity index (χ3v) is 5.41. The lowest BCUT2D eigenvalue weighted by atomic mass is 10.1. The molecule has 0 unspecified atom stereocenters. The van der Waals surface area contributed by atoms with E-state index in [1.165, 1.54) is 24.6 Å². The number of carbonyl (C=O) groups excluding carboxylic acids is 1. The number of hydrogen-bond donors (Lipinski definition) is 1.